The molecule has 0 atom stereocenters. The second-order valence-corrected chi connectivity index (χ2v) is 37.4. The van der Waals surface area contributed by atoms with Crippen LogP contribution >= 0.6 is 85.5 Å². The predicted molar refractivity (Wildman–Crippen MR) is 650 cm³/mol. The van der Waals surface area contributed by atoms with Gasteiger partial charge in [0.1, 0.15) is 0 Å². The number of rotatable bonds is 50. The summed E-state index contributed by atoms with van der Waals surface area (Å²) in [7, 11) is 0. The van der Waals surface area contributed by atoms with E-state index in [2.05, 4.69) is 319 Å². The van der Waals surface area contributed by atoms with Crippen molar-refractivity contribution in [2.45, 2.75) is 280 Å². The summed E-state index contributed by atoms with van der Waals surface area (Å²) in [4.78, 5) is 59.4. The largest absolute Gasteiger partial charge is 0.256 e. The van der Waals surface area contributed by atoms with Gasteiger partial charge in [0.2, 0.25) is 0 Å². The first-order valence-electron chi connectivity index (χ1n) is 52.8. The average molecular weight is 2090 g/mol. The maximum atomic E-state index is 4.63. The molecule has 0 saturated heterocycles. The Morgan fingerprint density at radius 3 is 0.453 bits per heavy atom. The summed E-state index contributed by atoms with van der Waals surface area (Å²) in [5, 5.41) is 16.6. The Balaban J connectivity index is 0.000000211. The van der Waals surface area contributed by atoms with Crippen molar-refractivity contribution < 1.29 is 0 Å². The SMILES string of the molecule is CCCCCCCCCCCc1ccc(-c2ccc(N=C=S)cc2)nc1.CCCCCCCCCc1ccc(-c2ccc(N=C=S)cc2)nc1.CCCCCCCCc1ccc(-c2ccc(N=C=S)cc2)nc1.CCCCCCc1ccc(-c2ccc(N=C=S)cc2)nc1.CCCCc1ccc(-c2ccc(N=C=S)cc2)nc1.CCCc1ccc(-c2ccc(N=C=S)cc2)nc1.CCc1ccc(-c2ccc(N=C=S)cc2)nc1. The highest BCUT2D eigenvalue weighted by Crippen LogP contribution is 2.31. The minimum atomic E-state index is 0.814. The van der Waals surface area contributed by atoms with Gasteiger partial charge in [0.25, 0.3) is 0 Å². The third kappa shape index (κ3) is 48.4. The number of unbranched alkanes of at least 4 members (excludes halogenated alkanes) is 23. The zero-order chi connectivity index (χ0) is 105. The molecule has 7 aromatic heterocycles. The van der Waals surface area contributed by atoms with Gasteiger partial charge >= 0.3 is 0 Å². The first-order valence-corrected chi connectivity index (χ1v) is 55.6. The van der Waals surface area contributed by atoms with Crippen LogP contribution in [-0.2, 0) is 44.9 Å². The van der Waals surface area contributed by atoms with Crippen molar-refractivity contribution in [1.29, 1.82) is 0 Å². The molecular weight excluding hydrogens is 1950 g/mol. The van der Waals surface area contributed by atoms with Crippen molar-refractivity contribution >= 4 is 161 Å². The fourth-order valence-electron chi connectivity index (χ4n) is 16.0. The molecule has 7 heterocycles. The van der Waals surface area contributed by atoms with Crippen LogP contribution in [0.4, 0.5) is 39.8 Å². The number of hydrogen-bond acceptors (Lipinski definition) is 21. The van der Waals surface area contributed by atoms with E-state index in [0.717, 1.165) is 170 Å². The molecule has 14 rings (SSSR count). The van der Waals surface area contributed by atoms with Gasteiger partial charge in [-0.25, -0.2) is 0 Å². The van der Waals surface area contributed by atoms with Crippen LogP contribution in [0.5, 0.6) is 0 Å². The molecule has 14 nitrogen and oxygen atoms in total. The van der Waals surface area contributed by atoms with E-state index in [1.165, 1.54) is 219 Å². The Labute approximate surface area is 919 Å². The number of aliphatic imine (C=N–C) groups is 7. The number of nitrogens with zero attached hydrogens (tertiary/aromatic N) is 14. The van der Waals surface area contributed by atoms with E-state index in [1.54, 1.807) is 0 Å². The number of aromatic nitrogens is 7. The van der Waals surface area contributed by atoms with Gasteiger partial charge in [0, 0.05) is 82.3 Å². The highest BCUT2D eigenvalue weighted by Gasteiger charge is 2.10. The molecule has 7 aromatic carbocycles. The molecule has 0 unspecified atom stereocenters. The van der Waals surface area contributed by atoms with Gasteiger partial charge in [0.05, 0.1) is 116 Å². The maximum Gasteiger partial charge on any atom is 0.0740 e. The first-order chi connectivity index (χ1) is 72.8. The summed E-state index contributed by atoms with van der Waals surface area (Å²) in [6, 6.07) is 84.8. The Kier molecular flexibility index (Phi) is 61.7. The minimum Gasteiger partial charge on any atom is -0.256 e. The molecule has 14 aromatic rings. The van der Waals surface area contributed by atoms with Crippen molar-refractivity contribution in [1.82, 2.24) is 34.9 Å². The average Bonchev–Trinajstić information content (AvgIpc) is 0.877. The number of pyridine rings is 7. The molecule has 0 aliphatic carbocycles. The molecule has 0 radical (unpaired) electrons. The van der Waals surface area contributed by atoms with E-state index in [-0.39, 0.29) is 0 Å². The van der Waals surface area contributed by atoms with Crippen LogP contribution in [0.3, 0.4) is 0 Å². The normalized spacial score (nSPS) is 10.2. The second kappa shape index (κ2) is 75.8. The summed E-state index contributed by atoms with van der Waals surface area (Å²) in [6.07, 6.45) is 60.0. The van der Waals surface area contributed by atoms with Crippen LogP contribution in [0.25, 0.3) is 78.8 Å². The summed E-state index contributed by atoms with van der Waals surface area (Å²) in [5.41, 5.74) is 29.4. The highest BCUT2D eigenvalue weighted by atomic mass is 32.1. The van der Waals surface area contributed by atoms with Crippen molar-refractivity contribution in [3.63, 3.8) is 0 Å². The number of isothiocyanates is 7. The van der Waals surface area contributed by atoms with Crippen LogP contribution in [0, 0.1) is 0 Å². The number of aryl methyl sites for hydroxylation is 7. The molecule has 0 aliphatic heterocycles. The van der Waals surface area contributed by atoms with Gasteiger partial charge in [-0.05, 0) is 329 Å². The topological polar surface area (TPSA) is 177 Å². The van der Waals surface area contributed by atoms with Crippen LogP contribution in [-0.4, -0.2) is 71.0 Å². The molecule has 0 fully saturated rings. The molecule has 148 heavy (non-hydrogen) atoms. The van der Waals surface area contributed by atoms with Crippen LogP contribution in [0.2, 0.25) is 0 Å². The van der Waals surface area contributed by atoms with E-state index < -0.39 is 0 Å². The summed E-state index contributed by atoms with van der Waals surface area (Å²) in [5.74, 6) is 0. The third-order valence-electron chi connectivity index (χ3n) is 24.7. The lowest BCUT2D eigenvalue weighted by atomic mass is 10.0. The molecule has 0 bridgehead atoms. The monoisotopic (exact) mass is 2090 g/mol. The van der Waals surface area contributed by atoms with Gasteiger partial charge in [-0.1, -0.05) is 330 Å². The fraction of sp³-hybridized carbons (Fsp3) is 0.339. The van der Waals surface area contributed by atoms with E-state index in [4.69, 9.17) is 0 Å². The zero-order valence-corrected chi connectivity index (χ0v) is 93.1. The Morgan fingerprint density at radius 1 is 0.155 bits per heavy atom. The van der Waals surface area contributed by atoms with Gasteiger partial charge in [0.15, 0.2) is 0 Å². The second-order valence-electron chi connectivity index (χ2n) is 36.1. The van der Waals surface area contributed by atoms with Crippen LogP contribution in [0.15, 0.2) is 333 Å². The third-order valence-corrected chi connectivity index (χ3v) is 25.3. The highest BCUT2D eigenvalue weighted by molar-refractivity contribution is 7.79. The fourth-order valence-corrected chi connectivity index (χ4v) is 16.8. The van der Waals surface area contributed by atoms with Gasteiger partial charge in [-0.15, -0.1) is 0 Å². The van der Waals surface area contributed by atoms with E-state index >= 15 is 0 Å². The molecule has 0 aliphatic rings. The van der Waals surface area contributed by atoms with Crippen molar-refractivity contribution in [3.8, 4) is 78.8 Å². The van der Waals surface area contributed by atoms with Crippen molar-refractivity contribution in [2.24, 2.45) is 34.9 Å². The van der Waals surface area contributed by atoms with Crippen molar-refractivity contribution in [3.05, 3.63) is 337 Å². The van der Waals surface area contributed by atoms with Crippen LogP contribution in [0.1, 0.15) is 274 Å². The lowest BCUT2D eigenvalue weighted by Crippen LogP contribution is -1.90. The first kappa shape index (κ1) is 120. The zero-order valence-electron chi connectivity index (χ0n) is 87.4. The van der Waals surface area contributed by atoms with Gasteiger partial charge < -0.3 is 0 Å². The molecular formula is C127H142N14S7. The standard InChI is InChI=1S/C23H30N2S.C21H26N2S.C20H24N2S.C18H20N2S.C16H16N2S.C15H14N2S.C14H12N2S/c1-2-3-4-5-6-7-8-9-10-11-20-12-17-23(24-18-20)21-13-15-22(16-14-21)25-19-26;1-2-3-4-5-6-7-8-9-18-10-15-21(22-16-18)19-11-13-20(14-12-19)23-17-24;1-2-3-4-5-6-7-8-17-9-14-20(21-15-17)18-10-12-19(13-11-18)22-16-23;1-2-3-4-5-6-15-7-12-18(19-13-15)16-8-10-17(11-9-16)20-14-21;1-2-3-4-13-5-10-16(17-11-13)14-6-8-15(9-7-14)18-12-19;1-2-3-12-4-9-15(16-10-12)13-5-7-14(8-6-13)17-11-18;1-2-11-3-8-14(15-9-11)12-4-6-13(7-5-12)16-10-17/h12-18H,2-11H2,1H3;10-16H,2-9H2,1H3;9-15H,2-8H2,1H3;7-13H,2-6H2,1H3;5-11H,2-4H2,1H3;4-10H,2-3H2,1H3;3-9H,2H2,1H3. The number of benzene rings is 7. The minimum absolute atomic E-state index is 0.814. The quantitative estimate of drug-likeness (QED) is 0.0200. The van der Waals surface area contributed by atoms with E-state index in [0.29, 0.717) is 0 Å². The van der Waals surface area contributed by atoms with Gasteiger partial charge in [-0.2, -0.15) is 34.9 Å². The Morgan fingerprint density at radius 2 is 0.304 bits per heavy atom. The predicted octanol–water partition coefficient (Wildman–Crippen LogP) is 39.6. The van der Waals surface area contributed by atoms with Crippen molar-refractivity contribution in [2.75, 3.05) is 0 Å². The maximum absolute atomic E-state index is 4.63. The summed E-state index contributed by atoms with van der Waals surface area (Å²) < 4.78 is 0. The molecule has 0 saturated carbocycles. The van der Waals surface area contributed by atoms with Crippen LogP contribution < -0.4 is 0 Å². The summed E-state index contributed by atoms with van der Waals surface area (Å²) in [6.45, 7) is 15.5. The summed E-state index contributed by atoms with van der Waals surface area (Å²) >= 11 is 32.2. The van der Waals surface area contributed by atoms with Gasteiger partial charge in [-0.3, -0.25) is 34.9 Å². The Hall–Kier alpha value is -12.8. The number of thiocarbonyl (C=S) groups is 7. The molecule has 21 heteroatoms. The lowest BCUT2D eigenvalue weighted by Gasteiger charge is -2.05. The molecule has 0 N–H and O–H groups in total. The molecule has 0 spiro atoms. The molecule has 0 amide bonds. The van der Waals surface area contributed by atoms with E-state index in [1.807, 2.05) is 219 Å². The Bertz CT molecular complexity index is 6410. The smallest absolute Gasteiger partial charge is 0.0740 e. The van der Waals surface area contributed by atoms with E-state index in [9.17, 15) is 0 Å². The molecule has 762 valence electrons. The number of hydrogen-bond donors (Lipinski definition) is 0. The lowest BCUT2D eigenvalue weighted by molar-refractivity contribution is 0.564.